The van der Waals surface area contributed by atoms with E-state index in [1.54, 1.807) is 13.1 Å². The lowest BCUT2D eigenvalue weighted by molar-refractivity contribution is 0.0741. The van der Waals surface area contributed by atoms with Crippen LogP contribution < -0.4 is 5.32 Å². The minimum Gasteiger partial charge on any atom is -0.340 e. The number of aromatic nitrogens is 2. The van der Waals surface area contributed by atoms with Crippen LogP contribution in [0.2, 0.25) is 0 Å². The second-order valence-electron chi connectivity index (χ2n) is 5.75. The fourth-order valence-electron chi connectivity index (χ4n) is 2.64. The number of hydrogen-bond acceptors (Lipinski definition) is 6. The second-order valence-corrected chi connectivity index (χ2v) is 7.98. The van der Waals surface area contributed by atoms with Gasteiger partial charge >= 0.3 is 0 Å². The van der Waals surface area contributed by atoms with Gasteiger partial charge in [-0.25, -0.2) is 18.4 Å². The Morgan fingerprint density at radius 3 is 2.67 bits per heavy atom. The van der Waals surface area contributed by atoms with Gasteiger partial charge in [-0.15, -0.1) is 0 Å². The van der Waals surface area contributed by atoms with Gasteiger partial charge in [0, 0.05) is 24.8 Å². The van der Waals surface area contributed by atoms with E-state index in [2.05, 4.69) is 15.3 Å². The molecule has 1 aromatic carbocycles. The van der Waals surface area contributed by atoms with Crippen LogP contribution in [0.4, 0.5) is 11.5 Å². The zero-order chi connectivity index (χ0) is 17.2. The summed E-state index contributed by atoms with van der Waals surface area (Å²) >= 11 is 0. The first-order valence-corrected chi connectivity index (χ1v) is 9.38. The summed E-state index contributed by atoms with van der Waals surface area (Å²) in [5.74, 6) is 0.331. The quantitative estimate of drug-likeness (QED) is 0.901. The zero-order valence-electron chi connectivity index (χ0n) is 13.2. The molecule has 7 nitrogen and oxygen atoms in total. The highest BCUT2D eigenvalue weighted by atomic mass is 32.2. The SMILES string of the molecule is CN(C(=O)c1cc(Nc2ccccc2)ncn1)C1CCS(=O)(=O)C1. The topological polar surface area (TPSA) is 92.3 Å². The molecule has 8 heteroatoms. The van der Waals surface area contributed by atoms with Crippen LogP contribution in [0.3, 0.4) is 0 Å². The van der Waals surface area contributed by atoms with Gasteiger partial charge in [0.05, 0.1) is 11.5 Å². The number of amides is 1. The van der Waals surface area contributed by atoms with Crippen LogP contribution in [-0.2, 0) is 9.84 Å². The normalized spacial score (nSPS) is 19.0. The van der Waals surface area contributed by atoms with Gasteiger partial charge in [0.2, 0.25) is 0 Å². The first-order valence-electron chi connectivity index (χ1n) is 7.56. The van der Waals surface area contributed by atoms with Crippen LogP contribution >= 0.6 is 0 Å². The van der Waals surface area contributed by atoms with Crippen molar-refractivity contribution < 1.29 is 13.2 Å². The Labute approximate surface area is 140 Å². The van der Waals surface area contributed by atoms with Gasteiger partial charge in [-0.1, -0.05) is 18.2 Å². The fraction of sp³-hybridized carbons (Fsp3) is 0.312. The number of nitrogens with zero attached hydrogens (tertiary/aromatic N) is 3. The second kappa shape index (κ2) is 6.56. The van der Waals surface area contributed by atoms with E-state index in [0.717, 1.165) is 5.69 Å². The summed E-state index contributed by atoms with van der Waals surface area (Å²) in [5.41, 5.74) is 1.08. The van der Waals surface area contributed by atoms with E-state index >= 15 is 0 Å². The Balaban J connectivity index is 1.74. The molecule has 1 unspecified atom stereocenters. The molecule has 1 aliphatic heterocycles. The molecule has 1 aromatic heterocycles. The van der Waals surface area contributed by atoms with Gasteiger partial charge in [-0.3, -0.25) is 4.79 Å². The van der Waals surface area contributed by atoms with Gasteiger partial charge < -0.3 is 10.2 Å². The third-order valence-electron chi connectivity index (χ3n) is 4.01. The van der Waals surface area contributed by atoms with Crippen molar-refractivity contribution in [2.45, 2.75) is 12.5 Å². The maximum Gasteiger partial charge on any atom is 0.272 e. The van der Waals surface area contributed by atoms with Gasteiger partial charge in [-0.2, -0.15) is 0 Å². The van der Waals surface area contributed by atoms with Crippen molar-refractivity contribution in [3.05, 3.63) is 48.4 Å². The molecule has 0 saturated carbocycles. The smallest absolute Gasteiger partial charge is 0.272 e. The van der Waals surface area contributed by atoms with Crippen molar-refractivity contribution >= 4 is 27.2 Å². The average Bonchev–Trinajstić information content (AvgIpc) is 2.95. The molecule has 0 radical (unpaired) electrons. The van der Waals surface area contributed by atoms with Crippen molar-refractivity contribution in [1.29, 1.82) is 0 Å². The highest BCUT2D eigenvalue weighted by Gasteiger charge is 2.33. The molecule has 2 aromatic rings. The molecule has 1 N–H and O–H groups in total. The number of sulfone groups is 1. The highest BCUT2D eigenvalue weighted by Crippen LogP contribution is 2.19. The molecule has 126 valence electrons. The standard InChI is InChI=1S/C16H18N4O3S/c1-20(13-7-8-24(22,23)10-13)16(21)14-9-15(18-11-17-14)19-12-5-3-2-4-6-12/h2-6,9,11,13H,7-8,10H2,1H3,(H,17,18,19). The number of rotatable bonds is 4. The Morgan fingerprint density at radius 1 is 1.25 bits per heavy atom. The van der Waals surface area contributed by atoms with E-state index in [4.69, 9.17) is 0 Å². The van der Waals surface area contributed by atoms with Crippen molar-refractivity contribution in [2.75, 3.05) is 23.9 Å². The van der Waals surface area contributed by atoms with Gasteiger partial charge in [0.1, 0.15) is 17.8 Å². The van der Waals surface area contributed by atoms with Crippen LogP contribution in [0, 0.1) is 0 Å². The third-order valence-corrected chi connectivity index (χ3v) is 5.76. The van der Waals surface area contributed by atoms with Crippen molar-refractivity contribution in [3.8, 4) is 0 Å². The maximum atomic E-state index is 12.6. The molecule has 0 aliphatic carbocycles. The summed E-state index contributed by atoms with van der Waals surface area (Å²) < 4.78 is 23.2. The van der Waals surface area contributed by atoms with Crippen molar-refractivity contribution in [3.63, 3.8) is 0 Å². The molecule has 2 heterocycles. The maximum absolute atomic E-state index is 12.6. The van der Waals surface area contributed by atoms with E-state index in [9.17, 15) is 13.2 Å². The molecular weight excluding hydrogens is 328 g/mol. The zero-order valence-corrected chi connectivity index (χ0v) is 14.0. The number of carbonyl (C=O) groups is 1. The molecule has 1 atom stereocenters. The summed E-state index contributed by atoms with van der Waals surface area (Å²) in [4.78, 5) is 22.1. The Hall–Kier alpha value is -2.48. The lowest BCUT2D eigenvalue weighted by Crippen LogP contribution is -2.38. The monoisotopic (exact) mass is 346 g/mol. The van der Waals surface area contributed by atoms with Crippen molar-refractivity contribution in [2.24, 2.45) is 0 Å². The summed E-state index contributed by atoms with van der Waals surface area (Å²) in [5, 5.41) is 3.10. The number of para-hydroxylation sites is 1. The van der Waals surface area contributed by atoms with Crippen LogP contribution in [0.25, 0.3) is 0 Å². The third kappa shape index (κ3) is 3.70. The first kappa shape index (κ1) is 16.4. The van der Waals surface area contributed by atoms with E-state index in [-0.39, 0.29) is 29.1 Å². The fourth-order valence-corrected chi connectivity index (χ4v) is 4.41. The molecule has 1 aliphatic rings. The predicted octanol–water partition coefficient (Wildman–Crippen LogP) is 1.48. The van der Waals surface area contributed by atoms with Crippen LogP contribution in [-0.4, -0.2) is 53.8 Å². The average molecular weight is 346 g/mol. The largest absolute Gasteiger partial charge is 0.340 e. The number of nitrogens with one attached hydrogen (secondary N) is 1. The van der Waals surface area contributed by atoms with Crippen LogP contribution in [0.1, 0.15) is 16.9 Å². The van der Waals surface area contributed by atoms with E-state index in [1.165, 1.54) is 11.2 Å². The van der Waals surface area contributed by atoms with Gasteiger partial charge in [0.25, 0.3) is 5.91 Å². The molecule has 1 saturated heterocycles. The summed E-state index contributed by atoms with van der Waals surface area (Å²) in [6, 6.07) is 10.7. The molecular formula is C16H18N4O3S. The van der Waals surface area contributed by atoms with E-state index in [1.807, 2.05) is 30.3 Å². The summed E-state index contributed by atoms with van der Waals surface area (Å²) in [6.45, 7) is 0. The lowest BCUT2D eigenvalue weighted by atomic mass is 10.2. The van der Waals surface area contributed by atoms with Crippen molar-refractivity contribution in [1.82, 2.24) is 14.9 Å². The van der Waals surface area contributed by atoms with Crippen LogP contribution in [0.15, 0.2) is 42.7 Å². The molecule has 0 bridgehead atoms. The first-order chi connectivity index (χ1) is 11.4. The molecule has 1 fully saturated rings. The Morgan fingerprint density at radius 2 is 2.00 bits per heavy atom. The minimum atomic E-state index is -3.04. The molecule has 24 heavy (non-hydrogen) atoms. The highest BCUT2D eigenvalue weighted by molar-refractivity contribution is 7.91. The molecule has 3 rings (SSSR count). The molecule has 0 spiro atoms. The number of carbonyl (C=O) groups excluding carboxylic acids is 1. The lowest BCUT2D eigenvalue weighted by Gasteiger charge is -2.23. The van der Waals surface area contributed by atoms with Crippen LogP contribution in [0.5, 0.6) is 0 Å². The Bertz CT molecular complexity index is 839. The number of hydrogen-bond donors (Lipinski definition) is 1. The molecule has 1 amide bonds. The number of benzene rings is 1. The van der Waals surface area contributed by atoms with E-state index < -0.39 is 9.84 Å². The van der Waals surface area contributed by atoms with E-state index in [0.29, 0.717) is 12.2 Å². The summed E-state index contributed by atoms with van der Waals surface area (Å²) in [6.07, 6.45) is 1.78. The summed E-state index contributed by atoms with van der Waals surface area (Å²) in [7, 11) is -1.43. The predicted molar refractivity (Wildman–Crippen MR) is 90.9 cm³/mol. The number of anilines is 2. The Kier molecular flexibility index (Phi) is 4.48. The van der Waals surface area contributed by atoms with Gasteiger partial charge in [0.15, 0.2) is 9.84 Å². The minimum absolute atomic E-state index is 0.00937. The van der Waals surface area contributed by atoms with Gasteiger partial charge in [-0.05, 0) is 18.6 Å².